The average Bonchev–Trinajstić information content (AvgIpc) is 2.54. The Morgan fingerprint density at radius 1 is 1.05 bits per heavy atom. The highest BCUT2D eigenvalue weighted by atomic mass is 16.5. The summed E-state index contributed by atoms with van der Waals surface area (Å²) in [6, 6.07) is 17.1. The van der Waals surface area contributed by atoms with Crippen LogP contribution in [0.3, 0.4) is 0 Å². The monoisotopic (exact) mass is 294 g/mol. The van der Waals surface area contributed by atoms with Crippen molar-refractivity contribution in [3.8, 4) is 5.75 Å². The number of rotatable bonds is 7. The molecule has 0 saturated carbocycles. The first-order chi connectivity index (χ1) is 10.6. The maximum absolute atomic E-state index is 12.0. The van der Waals surface area contributed by atoms with Gasteiger partial charge in [-0.3, -0.25) is 4.79 Å². The maximum Gasteiger partial charge on any atom is 0.185 e. The van der Waals surface area contributed by atoms with Gasteiger partial charge in [0.1, 0.15) is 5.75 Å². The molecule has 22 heavy (non-hydrogen) atoms. The molecule has 0 aliphatic heterocycles. The van der Waals surface area contributed by atoms with Crippen molar-refractivity contribution < 1.29 is 9.53 Å². The third-order valence-corrected chi connectivity index (χ3v) is 3.33. The molecule has 0 radical (unpaired) electrons. The molecule has 2 nitrogen and oxygen atoms in total. The fraction of sp³-hybridized carbons (Fsp3) is 0.250. The van der Waals surface area contributed by atoms with Gasteiger partial charge in [0.2, 0.25) is 0 Å². The molecule has 0 amide bonds. The van der Waals surface area contributed by atoms with Gasteiger partial charge in [-0.15, -0.1) is 0 Å². The number of benzene rings is 2. The zero-order chi connectivity index (χ0) is 15.8. The third-order valence-electron chi connectivity index (χ3n) is 3.33. The lowest BCUT2D eigenvalue weighted by atomic mass is 10.1. The second-order valence-electron chi connectivity index (χ2n) is 5.66. The average molecular weight is 294 g/mol. The second kappa shape index (κ2) is 8.18. The minimum absolute atomic E-state index is 0.0119. The lowest BCUT2D eigenvalue weighted by Gasteiger charge is -2.08. The molecule has 0 atom stereocenters. The Hall–Kier alpha value is -2.35. The molecule has 0 fully saturated rings. The molecular formula is C20H22O2. The summed E-state index contributed by atoms with van der Waals surface area (Å²) in [6.45, 7) is 5.10. The Kier molecular flexibility index (Phi) is 5.96. The van der Waals surface area contributed by atoms with Crippen molar-refractivity contribution in [2.45, 2.75) is 20.3 Å². The number of hydrogen-bond donors (Lipinski definition) is 0. The molecule has 0 spiro atoms. The summed E-state index contributed by atoms with van der Waals surface area (Å²) in [7, 11) is 0. The Labute approximate surface area is 132 Å². The summed E-state index contributed by atoms with van der Waals surface area (Å²) >= 11 is 0. The van der Waals surface area contributed by atoms with Crippen LogP contribution in [0.2, 0.25) is 0 Å². The van der Waals surface area contributed by atoms with Crippen LogP contribution in [0.15, 0.2) is 60.7 Å². The number of ether oxygens (including phenoxy) is 1. The highest BCUT2D eigenvalue weighted by Crippen LogP contribution is 2.14. The van der Waals surface area contributed by atoms with Crippen molar-refractivity contribution in [3.63, 3.8) is 0 Å². The van der Waals surface area contributed by atoms with Crippen LogP contribution in [-0.4, -0.2) is 12.4 Å². The van der Waals surface area contributed by atoms with Gasteiger partial charge in [-0.25, -0.2) is 0 Å². The number of ketones is 1. The quantitative estimate of drug-likeness (QED) is 0.530. The van der Waals surface area contributed by atoms with Gasteiger partial charge < -0.3 is 4.74 Å². The van der Waals surface area contributed by atoms with E-state index in [1.807, 2.05) is 60.7 Å². The summed E-state index contributed by atoms with van der Waals surface area (Å²) in [5.41, 5.74) is 1.69. The molecular weight excluding hydrogens is 272 g/mol. The van der Waals surface area contributed by atoms with Crippen molar-refractivity contribution in [1.29, 1.82) is 0 Å². The van der Waals surface area contributed by atoms with Crippen molar-refractivity contribution in [2.24, 2.45) is 5.92 Å². The van der Waals surface area contributed by atoms with Crippen LogP contribution in [0, 0.1) is 5.92 Å². The van der Waals surface area contributed by atoms with Gasteiger partial charge in [0.25, 0.3) is 0 Å². The van der Waals surface area contributed by atoms with E-state index >= 15 is 0 Å². The normalized spacial score (nSPS) is 11.0. The van der Waals surface area contributed by atoms with E-state index in [0.29, 0.717) is 11.5 Å². The van der Waals surface area contributed by atoms with Gasteiger partial charge >= 0.3 is 0 Å². The van der Waals surface area contributed by atoms with Crippen molar-refractivity contribution >= 4 is 11.9 Å². The minimum Gasteiger partial charge on any atom is -0.494 e. The molecule has 0 aliphatic carbocycles. The van der Waals surface area contributed by atoms with Crippen LogP contribution in [0.25, 0.3) is 6.08 Å². The molecule has 0 heterocycles. The largest absolute Gasteiger partial charge is 0.494 e. The van der Waals surface area contributed by atoms with Crippen LogP contribution >= 0.6 is 0 Å². The standard InChI is InChI=1S/C20H22O2/c1-16(2)14-15-22-19-11-8-17(9-12-19)10-13-20(21)18-6-4-3-5-7-18/h3-13,16H,14-15H2,1-2H3. The smallest absolute Gasteiger partial charge is 0.185 e. The number of hydrogen-bond acceptors (Lipinski definition) is 2. The third kappa shape index (κ3) is 5.21. The second-order valence-corrected chi connectivity index (χ2v) is 5.66. The van der Waals surface area contributed by atoms with Crippen molar-refractivity contribution in [2.75, 3.05) is 6.61 Å². The molecule has 0 N–H and O–H groups in total. The van der Waals surface area contributed by atoms with Gasteiger partial charge in [0, 0.05) is 5.56 Å². The first kappa shape index (κ1) is 16.0. The molecule has 2 heteroatoms. The molecule has 2 rings (SSSR count). The van der Waals surface area contributed by atoms with Crippen molar-refractivity contribution in [1.82, 2.24) is 0 Å². The Morgan fingerprint density at radius 2 is 1.73 bits per heavy atom. The number of allylic oxidation sites excluding steroid dienone is 1. The lowest BCUT2D eigenvalue weighted by molar-refractivity contribution is 0.104. The van der Waals surface area contributed by atoms with E-state index in [1.165, 1.54) is 0 Å². The van der Waals surface area contributed by atoms with E-state index in [9.17, 15) is 4.79 Å². The number of carbonyl (C=O) groups is 1. The zero-order valence-electron chi connectivity index (χ0n) is 13.2. The molecule has 0 saturated heterocycles. The fourth-order valence-corrected chi connectivity index (χ4v) is 1.96. The van der Waals surface area contributed by atoms with Crippen LogP contribution in [0.1, 0.15) is 36.2 Å². The van der Waals surface area contributed by atoms with E-state index in [4.69, 9.17) is 4.74 Å². The molecule has 0 aromatic heterocycles. The maximum atomic E-state index is 12.0. The summed E-state index contributed by atoms with van der Waals surface area (Å²) in [5.74, 6) is 1.52. The van der Waals surface area contributed by atoms with Crippen LogP contribution in [0.4, 0.5) is 0 Å². The molecule has 0 aliphatic rings. The Bertz CT molecular complexity index is 610. The Morgan fingerprint density at radius 3 is 2.36 bits per heavy atom. The first-order valence-electron chi connectivity index (χ1n) is 7.65. The number of carbonyl (C=O) groups excluding carboxylic acids is 1. The predicted molar refractivity (Wildman–Crippen MR) is 91.2 cm³/mol. The van der Waals surface area contributed by atoms with Gasteiger partial charge in [0.05, 0.1) is 6.61 Å². The fourth-order valence-electron chi connectivity index (χ4n) is 1.96. The molecule has 0 unspecified atom stereocenters. The van der Waals surface area contributed by atoms with E-state index in [1.54, 1.807) is 6.08 Å². The molecule has 2 aromatic carbocycles. The summed E-state index contributed by atoms with van der Waals surface area (Å²) in [5, 5.41) is 0. The summed E-state index contributed by atoms with van der Waals surface area (Å²) in [6.07, 6.45) is 4.48. The van der Waals surface area contributed by atoms with Crippen LogP contribution in [0.5, 0.6) is 5.75 Å². The highest BCUT2D eigenvalue weighted by molar-refractivity contribution is 6.06. The Balaban J connectivity index is 1.91. The van der Waals surface area contributed by atoms with Gasteiger partial charge in [0.15, 0.2) is 5.78 Å². The zero-order valence-corrected chi connectivity index (χ0v) is 13.2. The first-order valence-corrected chi connectivity index (χ1v) is 7.65. The van der Waals surface area contributed by atoms with Gasteiger partial charge in [-0.1, -0.05) is 62.4 Å². The minimum atomic E-state index is 0.0119. The van der Waals surface area contributed by atoms with Gasteiger partial charge in [-0.05, 0) is 36.1 Å². The summed E-state index contributed by atoms with van der Waals surface area (Å²) < 4.78 is 5.68. The molecule has 114 valence electrons. The predicted octanol–water partition coefficient (Wildman–Crippen LogP) is 5.01. The van der Waals surface area contributed by atoms with E-state index in [0.717, 1.165) is 24.3 Å². The molecule has 2 aromatic rings. The van der Waals surface area contributed by atoms with E-state index < -0.39 is 0 Å². The lowest BCUT2D eigenvalue weighted by Crippen LogP contribution is -2.01. The molecule has 0 bridgehead atoms. The van der Waals surface area contributed by atoms with Crippen LogP contribution < -0.4 is 4.74 Å². The highest BCUT2D eigenvalue weighted by Gasteiger charge is 2.00. The van der Waals surface area contributed by atoms with Crippen LogP contribution in [-0.2, 0) is 0 Å². The SMILES string of the molecule is CC(C)CCOc1ccc(C=CC(=O)c2ccccc2)cc1. The topological polar surface area (TPSA) is 26.3 Å². The summed E-state index contributed by atoms with van der Waals surface area (Å²) in [4.78, 5) is 12.0. The van der Waals surface area contributed by atoms with Gasteiger partial charge in [-0.2, -0.15) is 0 Å². The van der Waals surface area contributed by atoms with E-state index in [-0.39, 0.29) is 5.78 Å². The van der Waals surface area contributed by atoms with E-state index in [2.05, 4.69) is 13.8 Å². The van der Waals surface area contributed by atoms with Crippen molar-refractivity contribution in [3.05, 3.63) is 71.8 Å².